The number of ether oxygens (including phenoxy) is 1. The van der Waals surface area contributed by atoms with E-state index in [1.165, 1.54) is 5.39 Å². The smallest absolute Gasteiger partial charge is 0.172 e. The zero-order valence-corrected chi connectivity index (χ0v) is 10.2. The van der Waals surface area contributed by atoms with Crippen LogP contribution in [0.1, 0.15) is 0 Å². The highest BCUT2D eigenvalue weighted by atomic mass is 16.5. The summed E-state index contributed by atoms with van der Waals surface area (Å²) in [6, 6.07) is 18.3. The minimum absolute atomic E-state index is 0.851. The predicted octanol–water partition coefficient (Wildman–Crippen LogP) is 3.46. The Morgan fingerprint density at radius 2 is 1.56 bits per heavy atom. The van der Waals surface area contributed by atoms with Gasteiger partial charge in [-0.1, -0.05) is 36.4 Å². The van der Waals surface area contributed by atoms with Crippen molar-refractivity contribution in [2.75, 3.05) is 0 Å². The third kappa shape index (κ3) is 2.05. The van der Waals surface area contributed by atoms with E-state index in [1.807, 2.05) is 60.4 Å². The first-order chi connectivity index (χ1) is 8.83. The number of fused-ring (bicyclic) bond motifs is 1. The molecule has 1 heterocycles. The van der Waals surface area contributed by atoms with Crippen molar-refractivity contribution < 1.29 is 9.30 Å². The fourth-order valence-electron chi connectivity index (χ4n) is 1.97. The summed E-state index contributed by atoms with van der Waals surface area (Å²) in [5.74, 6) is 1.74. The molecule has 2 aromatic carbocycles. The normalized spacial score (nSPS) is 10.5. The molecule has 0 saturated carbocycles. The number of aryl methyl sites for hydroxylation is 1. The van der Waals surface area contributed by atoms with Crippen LogP contribution in [0.5, 0.6) is 11.5 Å². The summed E-state index contributed by atoms with van der Waals surface area (Å²) in [6.07, 6.45) is 3.95. The molecule has 3 aromatic rings. The second-order valence-electron chi connectivity index (χ2n) is 4.28. The largest absolute Gasteiger partial charge is 0.456 e. The van der Waals surface area contributed by atoms with Crippen LogP contribution in [-0.2, 0) is 7.05 Å². The van der Waals surface area contributed by atoms with Gasteiger partial charge < -0.3 is 4.74 Å². The van der Waals surface area contributed by atoms with Crippen LogP contribution in [0.15, 0.2) is 67.0 Å². The first-order valence-corrected chi connectivity index (χ1v) is 5.94. The molecule has 0 N–H and O–H groups in total. The average molecular weight is 236 g/mol. The minimum atomic E-state index is 0.851. The van der Waals surface area contributed by atoms with E-state index in [2.05, 4.69) is 18.2 Å². The van der Waals surface area contributed by atoms with Gasteiger partial charge in [-0.3, -0.25) is 0 Å². The van der Waals surface area contributed by atoms with Crippen LogP contribution < -0.4 is 9.30 Å². The maximum absolute atomic E-state index is 5.93. The number of hydrogen-bond acceptors (Lipinski definition) is 1. The average Bonchev–Trinajstić information content (AvgIpc) is 2.42. The molecule has 0 amide bonds. The van der Waals surface area contributed by atoms with Crippen LogP contribution in [0.3, 0.4) is 0 Å². The molecule has 0 atom stereocenters. The zero-order chi connectivity index (χ0) is 12.4. The van der Waals surface area contributed by atoms with Crippen LogP contribution in [0.4, 0.5) is 0 Å². The molecule has 0 aliphatic heterocycles. The van der Waals surface area contributed by atoms with E-state index in [1.54, 1.807) is 0 Å². The lowest BCUT2D eigenvalue weighted by atomic mass is 10.1. The van der Waals surface area contributed by atoms with Crippen molar-refractivity contribution in [2.45, 2.75) is 0 Å². The Hall–Kier alpha value is -2.35. The summed E-state index contributed by atoms with van der Waals surface area (Å²) in [6.45, 7) is 0. The highest BCUT2D eigenvalue weighted by Crippen LogP contribution is 2.29. The standard InChI is InChI=1S/C16H14NO/c1-17-11-9-14(10-12-17)18-16-8-4-6-13-5-2-3-7-15(13)16/h2-12H,1H3/q+1. The second-order valence-corrected chi connectivity index (χ2v) is 4.28. The molecule has 18 heavy (non-hydrogen) atoms. The Labute approximate surface area is 106 Å². The van der Waals surface area contributed by atoms with E-state index < -0.39 is 0 Å². The number of pyridine rings is 1. The topological polar surface area (TPSA) is 13.1 Å². The van der Waals surface area contributed by atoms with Crippen molar-refractivity contribution in [1.29, 1.82) is 0 Å². The summed E-state index contributed by atoms with van der Waals surface area (Å²) < 4.78 is 7.92. The van der Waals surface area contributed by atoms with Gasteiger partial charge in [0.1, 0.15) is 18.5 Å². The molecule has 0 unspecified atom stereocenters. The van der Waals surface area contributed by atoms with Crippen molar-refractivity contribution in [1.82, 2.24) is 0 Å². The molecule has 3 rings (SSSR count). The first kappa shape index (κ1) is 10.8. The number of rotatable bonds is 2. The van der Waals surface area contributed by atoms with Gasteiger partial charge in [-0.05, 0) is 11.5 Å². The Balaban J connectivity index is 2.02. The number of aromatic nitrogens is 1. The molecule has 1 aromatic heterocycles. The number of hydrogen-bond donors (Lipinski definition) is 0. The first-order valence-electron chi connectivity index (χ1n) is 5.94. The lowest BCUT2D eigenvalue weighted by molar-refractivity contribution is -0.671. The van der Waals surface area contributed by atoms with Gasteiger partial charge in [0.05, 0.1) is 0 Å². The molecule has 0 bridgehead atoms. The van der Waals surface area contributed by atoms with Crippen molar-refractivity contribution in [2.24, 2.45) is 7.05 Å². The van der Waals surface area contributed by atoms with Crippen LogP contribution in [0.2, 0.25) is 0 Å². The summed E-state index contributed by atoms with van der Waals surface area (Å²) in [4.78, 5) is 0. The Bertz CT molecular complexity index is 669. The molecule has 2 nitrogen and oxygen atoms in total. The Kier molecular flexibility index (Phi) is 2.69. The van der Waals surface area contributed by atoms with E-state index in [4.69, 9.17) is 4.74 Å². The third-order valence-corrected chi connectivity index (χ3v) is 2.93. The van der Waals surface area contributed by atoms with E-state index in [-0.39, 0.29) is 0 Å². The Morgan fingerprint density at radius 3 is 2.39 bits per heavy atom. The fourth-order valence-corrected chi connectivity index (χ4v) is 1.97. The molecular formula is C16H14NO+. The molecule has 0 aliphatic rings. The van der Waals surface area contributed by atoms with Crippen LogP contribution in [-0.4, -0.2) is 0 Å². The molecule has 0 aliphatic carbocycles. The van der Waals surface area contributed by atoms with Gasteiger partial charge in [-0.15, -0.1) is 0 Å². The molecule has 0 radical (unpaired) electrons. The summed E-state index contributed by atoms with van der Waals surface area (Å²) >= 11 is 0. The summed E-state index contributed by atoms with van der Waals surface area (Å²) in [7, 11) is 1.99. The van der Waals surface area contributed by atoms with Crippen molar-refractivity contribution >= 4 is 10.8 Å². The number of benzene rings is 2. The maximum atomic E-state index is 5.93. The van der Waals surface area contributed by atoms with Gasteiger partial charge >= 0.3 is 0 Å². The van der Waals surface area contributed by atoms with Gasteiger partial charge in [0.15, 0.2) is 12.4 Å². The Morgan fingerprint density at radius 1 is 0.833 bits per heavy atom. The molecule has 0 spiro atoms. The molecule has 88 valence electrons. The van der Waals surface area contributed by atoms with Crippen LogP contribution in [0, 0.1) is 0 Å². The van der Waals surface area contributed by atoms with E-state index in [0.717, 1.165) is 16.9 Å². The summed E-state index contributed by atoms with van der Waals surface area (Å²) in [5.41, 5.74) is 0. The van der Waals surface area contributed by atoms with Crippen LogP contribution in [0.25, 0.3) is 10.8 Å². The maximum Gasteiger partial charge on any atom is 0.172 e. The molecule has 0 fully saturated rings. The lowest BCUT2D eigenvalue weighted by Crippen LogP contribution is -2.25. The highest BCUT2D eigenvalue weighted by Gasteiger charge is 2.03. The second kappa shape index (κ2) is 4.49. The van der Waals surface area contributed by atoms with Gasteiger partial charge in [0.25, 0.3) is 0 Å². The van der Waals surface area contributed by atoms with Crippen molar-refractivity contribution in [3.05, 3.63) is 67.0 Å². The summed E-state index contributed by atoms with van der Waals surface area (Å²) in [5, 5.41) is 2.32. The molecule has 2 heteroatoms. The predicted molar refractivity (Wildman–Crippen MR) is 71.6 cm³/mol. The van der Waals surface area contributed by atoms with Gasteiger partial charge in [0.2, 0.25) is 0 Å². The van der Waals surface area contributed by atoms with Gasteiger partial charge in [-0.25, -0.2) is 4.57 Å². The lowest BCUT2D eigenvalue weighted by Gasteiger charge is -2.07. The van der Waals surface area contributed by atoms with Crippen molar-refractivity contribution in [3.8, 4) is 11.5 Å². The quantitative estimate of drug-likeness (QED) is 0.621. The van der Waals surface area contributed by atoms with Crippen molar-refractivity contribution in [3.63, 3.8) is 0 Å². The molecular weight excluding hydrogens is 222 g/mol. The third-order valence-electron chi connectivity index (χ3n) is 2.93. The molecule has 0 saturated heterocycles. The van der Waals surface area contributed by atoms with Gasteiger partial charge in [0, 0.05) is 17.5 Å². The fraction of sp³-hybridized carbons (Fsp3) is 0.0625. The minimum Gasteiger partial charge on any atom is -0.456 e. The number of nitrogens with zero attached hydrogens (tertiary/aromatic N) is 1. The van der Waals surface area contributed by atoms with Gasteiger partial charge in [-0.2, -0.15) is 0 Å². The zero-order valence-electron chi connectivity index (χ0n) is 10.2. The van der Waals surface area contributed by atoms with E-state index in [9.17, 15) is 0 Å². The monoisotopic (exact) mass is 236 g/mol. The van der Waals surface area contributed by atoms with E-state index >= 15 is 0 Å². The van der Waals surface area contributed by atoms with Crippen LogP contribution >= 0.6 is 0 Å². The van der Waals surface area contributed by atoms with E-state index in [0.29, 0.717) is 0 Å². The SMILES string of the molecule is C[n+]1ccc(Oc2cccc3ccccc23)cc1. The highest BCUT2D eigenvalue weighted by molar-refractivity contribution is 5.88.